The van der Waals surface area contributed by atoms with Crippen molar-refractivity contribution in [2.45, 2.75) is 39.2 Å². The highest BCUT2D eigenvalue weighted by Crippen LogP contribution is 2.56. The molecule has 0 spiro atoms. The molecule has 4 heteroatoms. The van der Waals surface area contributed by atoms with Crippen LogP contribution in [0.3, 0.4) is 0 Å². The van der Waals surface area contributed by atoms with E-state index in [9.17, 15) is 14.7 Å². The van der Waals surface area contributed by atoms with E-state index in [1.165, 1.54) is 0 Å². The molecular weight excluding hydrogens is 194 g/mol. The Morgan fingerprint density at radius 2 is 2.00 bits per heavy atom. The van der Waals surface area contributed by atoms with Crippen LogP contribution in [0.15, 0.2) is 0 Å². The van der Waals surface area contributed by atoms with E-state index in [-0.39, 0.29) is 11.8 Å². The normalized spacial score (nSPS) is 33.8. The van der Waals surface area contributed by atoms with Gasteiger partial charge in [0.2, 0.25) is 5.91 Å². The minimum Gasteiger partial charge on any atom is -0.479 e. The number of aliphatic carboxylic acids is 1. The fraction of sp³-hybridized carbons (Fsp3) is 0.818. The van der Waals surface area contributed by atoms with Gasteiger partial charge >= 0.3 is 5.97 Å². The number of likely N-dealkylation sites (tertiary alicyclic amines) is 1. The first-order valence-corrected chi connectivity index (χ1v) is 5.35. The third kappa shape index (κ3) is 1.27. The van der Waals surface area contributed by atoms with Crippen molar-refractivity contribution in [3.05, 3.63) is 0 Å². The summed E-state index contributed by atoms with van der Waals surface area (Å²) < 4.78 is 0. The lowest BCUT2D eigenvalue weighted by molar-refractivity contribution is -0.154. The molecule has 0 aromatic heterocycles. The number of hydrogen-bond donors (Lipinski definition) is 1. The first-order chi connectivity index (χ1) is 6.80. The molecule has 1 amide bonds. The summed E-state index contributed by atoms with van der Waals surface area (Å²) in [5, 5.41) is 9.21. The number of amides is 1. The second kappa shape index (κ2) is 2.74. The molecule has 4 nitrogen and oxygen atoms in total. The number of carboxylic acids is 1. The van der Waals surface area contributed by atoms with Crippen LogP contribution in [0, 0.1) is 11.3 Å². The topological polar surface area (TPSA) is 57.6 Å². The molecule has 2 unspecified atom stereocenters. The molecule has 1 aliphatic heterocycles. The Morgan fingerprint density at radius 1 is 1.40 bits per heavy atom. The van der Waals surface area contributed by atoms with Crippen molar-refractivity contribution in [3.8, 4) is 0 Å². The van der Waals surface area contributed by atoms with Crippen LogP contribution in [0.1, 0.15) is 33.6 Å². The molecule has 15 heavy (non-hydrogen) atoms. The van der Waals surface area contributed by atoms with Gasteiger partial charge in [-0.15, -0.1) is 0 Å². The monoisotopic (exact) mass is 211 g/mol. The summed E-state index contributed by atoms with van der Waals surface area (Å²) in [6.45, 7) is 6.11. The van der Waals surface area contributed by atoms with Gasteiger partial charge in [-0.25, -0.2) is 4.79 Å². The SMILES string of the molecule is CC(C)(C)C(=O)N1CCC2CC21C(=O)O. The van der Waals surface area contributed by atoms with Gasteiger partial charge in [-0.1, -0.05) is 20.8 Å². The summed E-state index contributed by atoms with van der Waals surface area (Å²) in [6.07, 6.45) is 1.48. The lowest BCUT2D eigenvalue weighted by Gasteiger charge is -2.31. The maximum atomic E-state index is 12.1. The summed E-state index contributed by atoms with van der Waals surface area (Å²) >= 11 is 0. The first-order valence-electron chi connectivity index (χ1n) is 5.35. The van der Waals surface area contributed by atoms with Gasteiger partial charge in [-0.05, 0) is 18.8 Å². The minimum atomic E-state index is -0.843. The second-order valence-electron chi connectivity index (χ2n) is 5.63. The Bertz CT molecular complexity index is 331. The van der Waals surface area contributed by atoms with Gasteiger partial charge in [0.05, 0.1) is 0 Å². The van der Waals surface area contributed by atoms with Crippen LogP contribution in [0.5, 0.6) is 0 Å². The molecule has 2 rings (SSSR count). The lowest BCUT2D eigenvalue weighted by Crippen LogP contribution is -2.49. The van der Waals surface area contributed by atoms with Crippen molar-refractivity contribution in [2.75, 3.05) is 6.54 Å². The Hall–Kier alpha value is -1.06. The van der Waals surface area contributed by atoms with E-state index in [1.54, 1.807) is 4.90 Å². The number of nitrogens with zero attached hydrogens (tertiary/aromatic N) is 1. The number of carboxylic acid groups (broad SMARTS) is 1. The van der Waals surface area contributed by atoms with Crippen LogP contribution in [0.4, 0.5) is 0 Å². The second-order valence-corrected chi connectivity index (χ2v) is 5.63. The predicted octanol–water partition coefficient (Wildman–Crippen LogP) is 1.11. The lowest BCUT2D eigenvalue weighted by atomic mass is 9.94. The molecule has 2 fully saturated rings. The number of carbonyl (C=O) groups excluding carboxylic acids is 1. The molecule has 2 atom stereocenters. The van der Waals surface area contributed by atoms with Crippen LogP contribution >= 0.6 is 0 Å². The molecule has 84 valence electrons. The molecular formula is C11H17NO3. The molecule has 1 saturated heterocycles. The Kier molecular flexibility index (Phi) is 1.91. The molecule has 0 radical (unpaired) electrons. The number of carbonyl (C=O) groups is 2. The molecule has 0 aromatic carbocycles. The molecule has 1 N–H and O–H groups in total. The summed E-state index contributed by atoms with van der Waals surface area (Å²) in [5.41, 5.74) is -1.33. The molecule has 2 aliphatic rings. The zero-order valence-electron chi connectivity index (χ0n) is 9.41. The van der Waals surface area contributed by atoms with Crippen LogP contribution in [-0.2, 0) is 9.59 Å². The van der Waals surface area contributed by atoms with E-state index in [2.05, 4.69) is 0 Å². The van der Waals surface area contributed by atoms with Crippen LogP contribution < -0.4 is 0 Å². The fourth-order valence-corrected chi connectivity index (χ4v) is 2.54. The number of fused-ring (bicyclic) bond motifs is 1. The van der Waals surface area contributed by atoms with Crippen LogP contribution in [0.25, 0.3) is 0 Å². The third-order valence-corrected chi connectivity index (χ3v) is 3.51. The van der Waals surface area contributed by atoms with Gasteiger partial charge in [0.1, 0.15) is 5.54 Å². The summed E-state index contributed by atoms with van der Waals surface area (Å²) in [6, 6.07) is 0. The first kappa shape index (κ1) is 10.5. The Balaban J connectivity index is 2.25. The quantitative estimate of drug-likeness (QED) is 0.706. The van der Waals surface area contributed by atoms with E-state index in [1.807, 2.05) is 20.8 Å². The summed E-state index contributed by atoms with van der Waals surface area (Å²) in [4.78, 5) is 24.9. The van der Waals surface area contributed by atoms with Crippen molar-refractivity contribution in [2.24, 2.45) is 11.3 Å². The van der Waals surface area contributed by atoms with Gasteiger partial charge in [-0.2, -0.15) is 0 Å². The van der Waals surface area contributed by atoms with Gasteiger partial charge in [0, 0.05) is 12.0 Å². The van der Waals surface area contributed by atoms with Crippen molar-refractivity contribution >= 4 is 11.9 Å². The van der Waals surface area contributed by atoms with Crippen molar-refractivity contribution in [3.63, 3.8) is 0 Å². The van der Waals surface area contributed by atoms with Crippen LogP contribution in [-0.4, -0.2) is 34.0 Å². The highest BCUT2D eigenvalue weighted by molar-refractivity contribution is 5.93. The zero-order chi connectivity index (χ0) is 11.4. The van der Waals surface area contributed by atoms with E-state index >= 15 is 0 Å². The summed E-state index contributed by atoms with van der Waals surface area (Å²) in [5.74, 6) is -0.672. The zero-order valence-corrected chi connectivity index (χ0v) is 9.41. The average Bonchev–Trinajstić information content (AvgIpc) is 2.72. The number of rotatable bonds is 1. The van der Waals surface area contributed by atoms with Crippen LogP contribution in [0.2, 0.25) is 0 Å². The number of hydrogen-bond acceptors (Lipinski definition) is 2. The minimum absolute atomic E-state index is 0.0371. The van der Waals surface area contributed by atoms with E-state index in [4.69, 9.17) is 0 Å². The standard InChI is InChI=1S/C11H17NO3/c1-10(2,3)8(13)12-5-4-7-6-11(7,12)9(14)15/h7H,4-6H2,1-3H3,(H,14,15). The molecule has 1 aliphatic carbocycles. The van der Waals surface area contributed by atoms with E-state index in [0.29, 0.717) is 13.0 Å². The molecule has 1 saturated carbocycles. The van der Waals surface area contributed by atoms with Gasteiger partial charge in [-0.3, -0.25) is 4.79 Å². The smallest absolute Gasteiger partial charge is 0.329 e. The van der Waals surface area contributed by atoms with Gasteiger partial charge in [0.25, 0.3) is 0 Å². The highest BCUT2D eigenvalue weighted by Gasteiger charge is 2.69. The Morgan fingerprint density at radius 3 is 2.40 bits per heavy atom. The summed E-state index contributed by atoms with van der Waals surface area (Å²) in [7, 11) is 0. The molecule has 0 bridgehead atoms. The van der Waals surface area contributed by atoms with Crippen molar-refractivity contribution < 1.29 is 14.7 Å². The average molecular weight is 211 g/mol. The number of piperidine rings is 1. The Labute approximate surface area is 89.3 Å². The van der Waals surface area contributed by atoms with E-state index < -0.39 is 16.9 Å². The highest BCUT2D eigenvalue weighted by atomic mass is 16.4. The van der Waals surface area contributed by atoms with Gasteiger partial charge < -0.3 is 10.0 Å². The molecule has 1 heterocycles. The molecule has 0 aromatic rings. The maximum absolute atomic E-state index is 12.1. The van der Waals surface area contributed by atoms with Crippen molar-refractivity contribution in [1.29, 1.82) is 0 Å². The van der Waals surface area contributed by atoms with Gasteiger partial charge in [0.15, 0.2) is 0 Å². The third-order valence-electron chi connectivity index (χ3n) is 3.51. The van der Waals surface area contributed by atoms with E-state index in [0.717, 1.165) is 6.42 Å². The van der Waals surface area contributed by atoms with Crippen molar-refractivity contribution in [1.82, 2.24) is 4.90 Å². The maximum Gasteiger partial charge on any atom is 0.329 e. The largest absolute Gasteiger partial charge is 0.479 e. The fourth-order valence-electron chi connectivity index (χ4n) is 2.54. The predicted molar refractivity (Wildman–Crippen MR) is 54.3 cm³/mol.